The van der Waals surface area contributed by atoms with Gasteiger partial charge < -0.3 is 14.8 Å². The molecular formula is C18H14F3N3O2. The van der Waals surface area contributed by atoms with E-state index in [-0.39, 0.29) is 11.8 Å². The van der Waals surface area contributed by atoms with Crippen molar-refractivity contribution in [1.82, 2.24) is 10.2 Å². The largest absolute Gasteiger partial charge is 0.417 e. The molecule has 0 aliphatic heterocycles. The normalized spacial score (nSPS) is 15.7. The van der Waals surface area contributed by atoms with E-state index in [2.05, 4.69) is 15.5 Å². The predicted octanol–water partition coefficient (Wildman–Crippen LogP) is 4.48. The molecule has 1 saturated carbocycles. The van der Waals surface area contributed by atoms with Crippen LogP contribution in [0, 0.1) is 0 Å². The molecule has 134 valence electrons. The maximum Gasteiger partial charge on any atom is 0.416 e. The van der Waals surface area contributed by atoms with Crippen molar-refractivity contribution >= 4 is 11.4 Å². The van der Waals surface area contributed by atoms with E-state index in [4.69, 9.17) is 4.42 Å². The van der Waals surface area contributed by atoms with Crippen LogP contribution in [-0.4, -0.2) is 15.3 Å². The van der Waals surface area contributed by atoms with E-state index in [1.165, 1.54) is 12.1 Å². The number of rotatable bonds is 4. The molecule has 1 aliphatic carbocycles. The summed E-state index contributed by atoms with van der Waals surface area (Å²) in [7, 11) is 0. The minimum absolute atomic E-state index is 0.178. The van der Waals surface area contributed by atoms with Gasteiger partial charge in [0, 0.05) is 5.69 Å². The molecule has 0 spiro atoms. The van der Waals surface area contributed by atoms with Gasteiger partial charge in [-0.1, -0.05) is 12.1 Å². The van der Waals surface area contributed by atoms with Crippen LogP contribution in [0.5, 0.6) is 0 Å². The van der Waals surface area contributed by atoms with Crippen molar-refractivity contribution in [1.29, 1.82) is 0 Å². The van der Waals surface area contributed by atoms with Crippen LogP contribution in [0.25, 0.3) is 11.5 Å². The number of hydrogen-bond acceptors (Lipinski definition) is 5. The zero-order valence-corrected chi connectivity index (χ0v) is 13.4. The molecule has 1 fully saturated rings. The molecule has 1 aromatic heterocycles. The van der Waals surface area contributed by atoms with Crippen LogP contribution in [0.15, 0.2) is 52.9 Å². The van der Waals surface area contributed by atoms with Crippen molar-refractivity contribution in [3.05, 3.63) is 60.0 Å². The zero-order valence-electron chi connectivity index (χ0n) is 13.4. The predicted molar refractivity (Wildman–Crippen MR) is 87.6 cm³/mol. The highest BCUT2D eigenvalue weighted by Crippen LogP contribution is 2.45. The van der Waals surface area contributed by atoms with E-state index in [1.54, 1.807) is 24.3 Å². The molecule has 4 rings (SSSR count). The van der Waals surface area contributed by atoms with E-state index >= 15 is 0 Å². The van der Waals surface area contributed by atoms with Gasteiger partial charge in [-0.3, -0.25) is 0 Å². The Labute approximate surface area is 146 Å². The van der Waals surface area contributed by atoms with Gasteiger partial charge in [-0.2, -0.15) is 13.2 Å². The SMILES string of the molecule is OC1(c2nnc(-c3ccccc3Nc3ccc(C(F)(F)F)cc3)o2)CC1. The molecule has 5 nitrogen and oxygen atoms in total. The molecular weight excluding hydrogens is 347 g/mol. The van der Waals surface area contributed by atoms with E-state index in [9.17, 15) is 18.3 Å². The summed E-state index contributed by atoms with van der Waals surface area (Å²) in [5, 5.41) is 21.0. The number of aromatic nitrogens is 2. The summed E-state index contributed by atoms with van der Waals surface area (Å²) >= 11 is 0. The summed E-state index contributed by atoms with van der Waals surface area (Å²) in [6.07, 6.45) is -3.21. The third-order valence-corrected chi connectivity index (χ3v) is 4.20. The molecule has 0 unspecified atom stereocenters. The van der Waals surface area contributed by atoms with Crippen molar-refractivity contribution in [2.24, 2.45) is 0 Å². The van der Waals surface area contributed by atoms with Gasteiger partial charge in [-0.15, -0.1) is 10.2 Å². The number of benzene rings is 2. The highest BCUT2D eigenvalue weighted by Gasteiger charge is 2.47. The van der Waals surface area contributed by atoms with Crippen molar-refractivity contribution in [3.8, 4) is 11.5 Å². The van der Waals surface area contributed by atoms with Gasteiger partial charge in [0.1, 0.15) is 5.60 Å². The summed E-state index contributed by atoms with van der Waals surface area (Å²) in [5.41, 5.74) is -0.0525. The Morgan fingerprint density at radius 3 is 2.35 bits per heavy atom. The van der Waals surface area contributed by atoms with Crippen LogP contribution in [-0.2, 0) is 11.8 Å². The standard InChI is InChI=1S/C18H14F3N3O2/c19-18(20,21)11-5-7-12(8-6-11)22-14-4-2-1-3-13(14)15-23-24-16(26-15)17(25)9-10-17/h1-8,22,25H,9-10H2. The van der Waals surface area contributed by atoms with Gasteiger partial charge in [0.05, 0.1) is 16.8 Å². The Kier molecular flexibility index (Phi) is 3.73. The highest BCUT2D eigenvalue weighted by molar-refractivity contribution is 5.76. The lowest BCUT2D eigenvalue weighted by Crippen LogP contribution is -2.04. The Balaban J connectivity index is 1.61. The summed E-state index contributed by atoms with van der Waals surface area (Å²) in [6.45, 7) is 0. The van der Waals surface area contributed by atoms with E-state index in [0.717, 1.165) is 12.1 Å². The van der Waals surface area contributed by atoms with Crippen LogP contribution in [0.2, 0.25) is 0 Å². The molecule has 0 amide bonds. The second-order valence-corrected chi connectivity index (χ2v) is 6.19. The molecule has 8 heteroatoms. The van der Waals surface area contributed by atoms with Crippen LogP contribution in [0.4, 0.5) is 24.5 Å². The van der Waals surface area contributed by atoms with E-state index in [0.29, 0.717) is 29.8 Å². The first-order valence-electron chi connectivity index (χ1n) is 7.95. The second-order valence-electron chi connectivity index (χ2n) is 6.19. The molecule has 1 aliphatic rings. The van der Waals surface area contributed by atoms with Crippen molar-refractivity contribution in [2.75, 3.05) is 5.32 Å². The number of nitrogens with one attached hydrogen (secondary N) is 1. The lowest BCUT2D eigenvalue weighted by molar-refractivity contribution is -0.137. The maximum absolute atomic E-state index is 12.7. The molecule has 0 atom stereocenters. The average Bonchev–Trinajstić information content (AvgIpc) is 3.17. The van der Waals surface area contributed by atoms with E-state index in [1.807, 2.05) is 0 Å². The van der Waals surface area contributed by atoms with Gasteiger partial charge >= 0.3 is 6.18 Å². The number of halogens is 3. The Morgan fingerprint density at radius 1 is 1.00 bits per heavy atom. The summed E-state index contributed by atoms with van der Waals surface area (Å²) < 4.78 is 43.6. The Morgan fingerprint density at radius 2 is 1.69 bits per heavy atom. The third-order valence-electron chi connectivity index (χ3n) is 4.20. The zero-order chi connectivity index (χ0) is 18.4. The summed E-state index contributed by atoms with van der Waals surface area (Å²) in [4.78, 5) is 0. The number of hydrogen-bond donors (Lipinski definition) is 2. The second kappa shape index (κ2) is 5.84. The fourth-order valence-electron chi connectivity index (χ4n) is 2.53. The molecule has 2 aromatic carbocycles. The number of anilines is 2. The minimum Gasteiger partial charge on any atom is -0.417 e. The fourth-order valence-corrected chi connectivity index (χ4v) is 2.53. The number of para-hydroxylation sites is 1. The maximum atomic E-state index is 12.7. The lowest BCUT2D eigenvalue weighted by Gasteiger charge is -2.11. The fraction of sp³-hybridized carbons (Fsp3) is 0.222. The van der Waals surface area contributed by atoms with Crippen molar-refractivity contribution in [3.63, 3.8) is 0 Å². The third kappa shape index (κ3) is 3.15. The first-order valence-corrected chi connectivity index (χ1v) is 7.95. The Hall–Kier alpha value is -2.87. The number of nitrogens with zero attached hydrogens (tertiary/aromatic N) is 2. The Bertz CT molecular complexity index is 931. The molecule has 0 radical (unpaired) electrons. The first-order chi connectivity index (χ1) is 12.4. The minimum atomic E-state index is -4.38. The molecule has 0 saturated heterocycles. The highest BCUT2D eigenvalue weighted by atomic mass is 19.4. The molecule has 26 heavy (non-hydrogen) atoms. The molecule has 3 aromatic rings. The molecule has 0 bridgehead atoms. The lowest BCUT2D eigenvalue weighted by atomic mass is 10.1. The van der Waals surface area contributed by atoms with E-state index < -0.39 is 17.3 Å². The topological polar surface area (TPSA) is 71.2 Å². The van der Waals surface area contributed by atoms with Crippen LogP contribution >= 0.6 is 0 Å². The molecule has 2 N–H and O–H groups in total. The van der Waals surface area contributed by atoms with Gasteiger partial charge in [-0.25, -0.2) is 0 Å². The average molecular weight is 361 g/mol. The molecule has 1 heterocycles. The van der Waals surface area contributed by atoms with Crippen molar-refractivity contribution in [2.45, 2.75) is 24.6 Å². The first kappa shape index (κ1) is 16.6. The van der Waals surface area contributed by atoms with Crippen LogP contribution < -0.4 is 5.32 Å². The smallest absolute Gasteiger partial charge is 0.416 e. The number of alkyl halides is 3. The monoisotopic (exact) mass is 361 g/mol. The number of aliphatic hydroxyl groups is 1. The van der Waals surface area contributed by atoms with Crippen LogP contribution in [0.3, 0.4) is 0 Å². The quantitative estimate of drug-likeness (QED) is 0.717. The van der Waals surface area contributed by atoms with Crippen molar-refractivity contribution < 1.29 is 22.7 Å². The van der Waals surface area contributed by atoms with Gasteiger partial charge in [0.15, 0.2) is 0 Å². The van der Waals surface area contributed by atoms with Gasteiger partial charge in [0.25, 0.3) is 0 Å². The summed E-state index contributed by atoms with van der Waals surface area (Å²) in [5.74, 6) is 0.409. The summed E-state index contributed by atoms with van der Waals surface area (Å²) in [6, 6.07) is 11.8. The van der Waals surface area contributed by atoms with Gasteiger partial charge in [0.2, 0.25) is 11.8 Å². The van der Waals surface area contributed by atoms with Gasteiger partial charge in [-0.05, 0) is 49.2 Å². The van der Waals surface area contributed by atoms with Crippen LogP contribution in [0.1, 0.15) is 24.3 Å².